The molecule has 1 heterocycles. The van der Waals surface area contributed by atoms with Crippen LogP contribution in [0.5, 0.6) is 0 Å². The fraction of sp³-hybridized carbons (Fsp3) is 0.667. The zero-order chi connectivity index (χ0) is 12.9. The molecular formula is C12H21NO3S. The Morgan fingerprint density at radius 3 is 2.53 bits per heavy atom. The Morgan fingerprint density at radius 1 is 1.29 bits per heavy atom. The average molecular weight is 259 g/mol. The Kier molecular flexibility index (Phi) is 5.21. The van der Waals surface area contributed by atoms with Gasteiger partial charge in [0.15, 0.2) is 9.84 Å². The van der Waals surface area contributed by atoms with Gasteiger partial charge in [-0.2, -0.15) is 0 Å². The lowest BCUT2D eigenvalue weighted by molar-refractivity contribution is 0.456. The minimum Gasteiger partial charge on any atom is -0.464 e. The summed E-state index contributed by atoms with van der Waals surface area (Å²) in [7, 11) is -3.08. The Hall–Kier alpha value is -0.810. The Morgan fingerprint density at radius 2 is 1.94 bits per heavy atom. The van der Waals surface area contributed by atoms with E-state index in [9.17, 15) is 8.42 Å². The Bertz CT molecular complexity index is 434. The molecule has 98 valence electrons. The van der Waals surface area contributed by atoms with E-state index in [0.717, 1.165) is 18.7 Å². The van der Waals surface area contributed by atoms with E-state index in [1.807, 2.05) is 6.07 Å². The van der Waals surface area contributed by atoms with Crippen LogP contribution in [0.2, 0.25) is 0 Å². The monoisotopic (exact) mass is 259 g/mol. The van der Waals surface area contributed by atoms with E-state index in [1.54, 1.807) is 19.9 Å². The van der Waals surface area contributed by atoms with Crippen LogP contribution < -0.4 is 5.32 Å². The van der Waals surface area contributed by atoms with E-state index in [2.05, 4.69) is 12.2 Å². The van der Waals surface area contributed by atoms with Gasteiger partial charge in [-0.25, -0.2) is 8.42 Å². The molecule has 0 aromatic carbocycles. The first kappa shape index (κ1) is 14.3. The lowest BCUT2D eigenvalue weighted by atomic mass is 10.4. The minimum atomic E-state index is -3.08. The predicted molar refractivity (Wildman–Crippen MR) is 68.5 cm³/mol. The summed E-state index contributed by atoms with van der Waals surface area (Å²) in [5.74, 6) is 1.29. The maximum absolute atomic E-state index is 11.7. The van der Waals surface area contributed by atoms with Crippen LogP contribution in [0.3, 0.4) is 0 Å². The molecule has 0 bridgehead atoms. The summed E-state index contributed by atoms with van der Waals surface area (Å²) < 4.78 is 28.9. The quantitative estimate of drug-likeness (QED) is 0.762. The van der Waals surface area contributed by atoms with E-state index < -0.39 is 9.84 Å². The molecule has 1 aromatic rings. The molecule has 0 spiro atoms. The van der Waals surface area contributed by atoms with Crippen LogP contribution in [-0.2, 0) is 22.1 Å². The normalized spacial score (nSPS) is 12.2. The average Bonchev–Trinajstić information content (AvgIpc) is 2.65. The summed E-state index contributed by atoms with van der Waals surface area (Å²) in [5.41, 5.74) is 0. The second-order valence-electron chi connectivity index (χ2n) is 4.40. The molecule has 0 aliphatic rings. The van der Waals surface area contributed by atoms with Crippen molar-refractivity contribution in [1.29, 1.82) is 0 Å². The summed E-state index contributed by atoms with van der Waals surface area (Å²) in [4.78, 5) is 0. The highest BCUT2D eigenvalue weighted by molar-refractivity contribution is 7.91. The lowest BCUT2D eigenvalue weighted by Gasteiger charge is -2.05. The van der Waals surface area contributed by atoms with Crippen molar-refractivity contribution in [3.05, 3.63) is 23.7 Å². The van der Waals surface area contributed by atoms with Gasteiger partial charge in [0.1, 0.15) is 17.3 Å². The van der Waals surface area contributed by atoms with Crippen molar-refractivity contribution < 1.29 is 12.8 Å². The fourth-order valence-electron chi connectivity index (χ4n) is 1.35. The fourth-order valence-corrected chi connectivity index (χ4v) is 2.23. The van der Waals surface area contributed by atoms with Gasteiger partial charge in [-0.1, -0.05) is 6.92 Å². The van der Waals surface area contributed by atoms with Crippen LogP contribution in [0.15, 0.2) is 16.5 Å². The van der Waals surface area contributed by atoms with Crippen molar-refractivity contribution in [3.63, 3.8) is 0 Å². The van der Waals surface area contributed by atoms with E-state index in [4.69, 9.17) is 4.42 Å². The van der Waals surface area contributed by atoms with Gasteiger partial charge < -0.3 is 9.73 Å². The molecule has 5 heteroatoms. The summed E-state index contributed by atoms with van der Waals surface area (Å²) in [6.45, 7) is 7.04. The van der Waals surface area contributed by atoms with Gasteiger partial charge in [0.25, 0.3) is 0 Å². The highest BCUT2D eigenvalue weighted by Gasteiger charge is 2.18. The molecule has 4 nitrogen and oxygen atoms in total. The van der Waals surface area contributed by atoms with Gasteiger partial charge in [0.2, 0.25) is 0 Å². The maximum atomic E-state index is 11.7. The van der Waals surface area contributed by atoms with Crippen molar-refractivity contribution in [2.24, 2.45) is 0 Å². The van der Waals surface area contributed by atoms with Crippen LogP contribution in [0.1, 0.15) is 38.7 Å². The van der Waals surface area contributed by atoms with Crippen LogP contribution in [-0.4, -0.2) is 20.2 Å². The number of hydrogen-bond acceptors (Lipinski definition) is 4. The highest BCUT2D eigenvalue weighted by Crippen LogP contribution is 2.14. The first-order valence-corrected chi connectivity index (χ1v) is 7.67. The van der Waals surface area contributed by atoms with Crippen molar-refractivity contribution in [1.82, 2.24) is 5.32 Å². The van der Waals surface area contributed by atoms with Gasteiger partial charge in [-0.15, -0.1) is 0 Å². The summed E-state index contributed by atoms with van der Waals surface area (Å²) >= 11 is 0. The molecule has 0 saturated carbocycles. The molecule has 0 amide bonds. The van der Waals surface area contributed by atoms with Crippen molar-refractivity contribution >= 4 is 9.84 Å². The molecule has 17 heavy (non-hydrogen) atoms. The standard InChI is InChI=1S/C12H21NO3S/c1-4-7-13-8-11-5-6-12(16-11)9-17(14,15)10(2)3/h5-6,10,13H,4,7-9H2,1-3H3. The maximum Gasteiger partial charge on any atom is 0.159 e. The third-order valence-corrected chi connectivity index (χ3v) is 4.63. The molecule has 1 aromatic heterocycles. The molecule has 0 saturated heterocycles. The van der Waals surface area contributed by atoms with Gasteiger partial charge in [-0.3, -0.25) is 0 Å². The number of sulfone groups is 1. The zero-order valence-electron chi connectivity index (χ0n) is 10.7. The molecule has 0 atom stereocenters. The van der Waals surface area contributed by atoms with E-state index in [0.29, 0.717) is 12.3 Å². The van der Waals surface area contributed by atoms with Gasteiger partial charge in [0.05, 0.1) is 11.8 Å². The molecule has 0 fully saturated rings. The first-order valence-electron chi connectivity index (χ1n) is 5.95. The summed E-state index contributed by atoms with van der Waals surface area (Å²) in [5, 5.41) is 2.84. The molecule has 1 rings (SSSR count). The van der Waals surface area contributed by atoms with Crippen LogP contribution in [0.4, 0.5) is 0 Å². The molecule has 0 unspecified atom stereocenters. The Labute approximate surface area is 103 Å². The lowest BCUT2D eigenvalue weighted by Crippen LogP contribution is -2.15. The molecule has 1 N–H and O–H groups in total. The second-order valence-corrected chi connectivity index (χ2v) is 6.96. The van der Waals surface area contributed by atoms with Crippen LogP contribution in [0, 0.1) is 0 Å². The third kappa shape index (κ3) is 4.52. The number of hydrogen-bond donors (Lipinski definition) is 1. The van der Waals surface area contributed by atoms with Crippen LogP contribution in [0.25, 0.3) is 0 Å². The first-order chi connectivity index (χ1) is 7.95. The van der Waals surface area contributed by atoms with E-state index in [-0.39, 0.29) is 11.0 Å². The predicted octanol–water partition coefficient (Wildman–Crippen LogP) is 2.10. The highest BCUT2D eigenvalue weighted by atomic mass is 32.2. The van der Waals surface area contributed by atoms with E-state index in [1.165, 1.54) is 0 Å². The SMILES string of the molecule is CCCNCc1ccc(CS(=O)(=O)C(C)C)o1. The zero-order valence-corrected chi connectivity index (χ0v) is 11.5. The smallest absolute Gasteiger partial charge is 0.159 e. The Balaban J connectivity index is 2.57. The van der Waals surface area contributed by atoms with Crippen LogP contribution >= 0.6 is 0 Å². The summed E-state index contributed by atoms with van der Waals surface area (Å²) in [6, 6.07) is 3.57. The summed E-state index contributed by atoms with van der Waals surface area (Å²) in [6.07, 6.45) is 1.06. The molecule has 0 aliphatic carbocycles. The molecule has 0 radical (unpaired) electrons. The van der Waals surface area contributed by atoms with Gasteiger partial charge >= 0.3 is 0 Å². The van der Waals surface area contributed by atoms with Crippen molar-refractivity contribution in [2.45, 2.75) is 44.7 Å². The van der Waals surface area contributed by atoms with Gasteiger partial charge in [-0.05, 0) is 38.9 Å². The molecular weight excluding hydrogens is 238 g/mol. The third-order valence-electron chi connectivity index (χ3n) is 2.50. The number of nitrogens with one attached hydrogen (secondary N) is 1. The largest absolute Gasteiger partial charge is 0.464 e. The van der Waals surface area contributed by atoms with E-state index >= 15 is 0 Å². The second kappa shape index (κ2) is 6.21. The molecule has 0 aliphatic heterocycles. The van der Waals surface area contributed by atoms with Crippen molar-refractivity contribution in [2.75, 3.05) is 6.54 Å². The minimum absolute atomic E-state index is 0.0154. The topological polar surface area (TPSA) is 59.3 Å². The number of rotatable bonds is 7. The van der Waals surface area contributed by atoms with Crippen molar-refractivity contribution in [3.8, 4) is 0 Å². The number of furan rings is 1. The van der Waals surface area contributed by atoms with Gasteiger partial charge in [0, 0.05) is 0 Å².